The summed E-state index contributed by atoms with van der Waals surface area (Å²) in [6.07, 6.45) is -5.24. The number of halogens is 6. The summed E-state index contributed by atoms with van der Waals surface area (Å²) in [5.41, 5.74) is -1.58. The molecule has 0 aliphatic carbocycles. The fourth-order valence-electron chi connectivity index (χ4n) is 5.97. The summed E-state index contributed by atoms with van der Waals surface area (Å²) in [6.45, 7) is 9.91. The van der Waals surface area contributed by atoms with Crippen LogP contribution in [-0.4, -0.2) is 48.6 Å². The van der Waals surface area contributed by atoms with Crippen molar-refractivity contribution in [2.24, 2.45) is 5.92 Å². The number of aromatic nitrogens is 1. The maximum atomic E-state index is 15.9. The quantitative estimate of drug-likeness (QED) is 0.149. The maximum Gasteiger partial charge on any atom is 0.419 e. The Balaban J connectivity index is 2.22. The van der Waals surface area contributed by atoms with Crippen LogP contribution in [-0.2, 0) is 26.9 Å². The molecule has 268 valence electrons. The number of aryl methyl sites for hydroxylation is 3. The summed E-state index contributed by atoms with van der Waals surface area (Å²) < 4.78 is 93.1. The fraction of sp³-hybridized carbons (Fsp3) is 0.472. The fourth-order valence-corrected chi connectivity index (χ4v) is 5.97. The van der Waals surface area contributed by atoms with Crippen molar-refractivity contribution in [2.45, 2.75) is 79.1 Å². The summed E-state index contributed by atoms with van der Waals surface area (Å²) >= 11 is 0. The molecule has 1 aromatic heterocycles. The summed E-state index contributed by atoms with van der Waals surface area (Å²) in [5.74, 6) is -5.28. The van der Waals surface area contributed by atoms with E-state index in [0.717, 1.165) is 6.20 Å². The van der Waals surface area contributed by atoms with Crippen LogP contribution in [0.2, 0.25) is 0 Å². The summed E-state index contributed by atoms with van der Waals surface area (Å²) in [7, 11) is 3.24. The predicted octanol–water partition coefficient (Wildman–Crippen LogP) is 7.38. The molecule has 3 aromatic rings. The van der Waals surface area contributed by atoms with Gasteiger partial charge in [0.25, 0.3) is 5.56 Å². The van der Waals surface area contributed by atoms with E-state index in [1.54, 1.807) is 59.7 Å². The molecule has 3 rings (SSSR count). The van der Waals surface area contributed by atoms with Gasteiger partial charge in [-0.15, -0.1) is 0 Å². The molecule has 1 unspecified atom stereocenters. The number of amides is 1. The lowest BCUT2D eigenvalue weighted by atomic mass is 9.90. The minimum Gasteiger partial charge on any atom is -0.466 e. The summed E-state index contributed by atoms with van der Waals surface area (Å²) in [6, 6.07) is 2.73. The van der Waals surface area contributed by atoms with Crippen molar-refractivity contribution in [3.05, 3.63) is 91.6 Å². The zero-order valence-electron chi connectivity index (χ0n) is 28.9. The molecule has 0 spiro atoms. The van der Waals surface area contributed by atoms with Gasteiger partial charge >= 0.3 is 12.1 Å². The number of alkyl halides is 3. The third kappa shape index (κ3) is 9.52. The van der Waals surface area contributed by atoms with Gasteiger partial charge < -0.3 is 19.5 Å². The number of likely N-dealkylation sites (N-methyl/N-ethyl adjacent to an activating group) is 1. The number of esters is 1. The minimum absolute atomic E-state index is 0.0130. The molecule has 1 amide bonds. The van der Waals surface area contributed by atoms with Crippen molar-refractivity contribution in [3.8, 4) is 11.1 Å². The van der Waals surface area contributed by atoms with Gasteiger partial charge in [0.1, 0.15) is 23.2 Å². The van der Waals surface area contributed by atoms with Crippen LogP contribution in [0.1, 0.15) is 79.1 Å². The van der Waals surface area contributed by atoms with Gasteiger partial charge in [0, 0.05) is 18.3 Å². The van der Waals surface area contributed by atoms with Crippen molar-refractivity contribution >= 4 is 11.9 Å². The van der Waals surface area contributed by atoms with Crippen LogP contribution in [0.25, 0.3) is 11.1 Å². The number of hydrogen-bond donors (Lipinski definition) is 1. The van der Waals surface area contributed by atoms with Gasteiger partial charge in [-0.25, -0.2) is 13.2 Å². The lowest BCUT2D eigenvalue weighted by Crippen LogP contribution is -2.42. The lowest BCUT2D eigenvalue weighted by Gasteiger charge is -2.27. The normalized spacial score (nSPS) is 13.1. The number of hydrogen-bond acceptors (Lipinski definition) is 5. The highest BCUT2D eigenvalue weighted by molar-refractivity contribution is 5.82. The summed E-state index contributed by atoms with van der Waals surface area (Å²) in [4.78, 5) is 41.6. The minimum atomic E-state index is -5.17. The van der Waals surface area contributed by atoms with Crippen LogP contribution >= 0.6 is 0 Å². The van der Waals surface area contributed by atoms with Crippen LogP contribution in [0.15, 0.2) is 35.3 Å². The molecule has 0 radical (unpaired) electrons. The highest BCUT2D eigenvalue weighted by atomic mass is 19.4. The molecular weight excluding hydrogens is 652 g/mol. The second kappa shape index (κ2) is 16.1. The zero-order valence-corrected chi connectivity index (χ0v) is 28.9. The predicted molar refractivity (Wildman–Crippen MR) is 175 cm³/mol. The molecule has 13 heteroatoms. The van der Waals surface area contributed by atoms with E-state index in [1.807, 2.05) is 0 Å². The first kappa shape index (κ1) is 39.3. The van der Waals surface area contributed by atoms with Crippen LogP contribution in [0, 0.1) is 44.1 Å². The third-order valence-electron chi connectivity index (χ3n) is 8.14. The zero-order chi connectivity index (χ0) is 37.0. The SMILES string of the molecule is CCOC(=O)C[C@H](NC(=O)C(CC(C)C)n1cc(CCN(C)C)c(C(F)(F)F)c(F)c1=O)c1cc(-c2c(C)cc(F)cc2C)cc(C)c1F. The van der Waals surface area contributed by atoms with Crippen LogP contribution in [0.3, 0.4) is 0 Å². The van der Waals surface area contributed by atoms with Gasteiger partial charge in [-0.2, -0.15) is 13.2 Å². The highest BCUT2D eigenvalue weighted by Gasteiger charge is 2.40. The van der Waals surface area contributed by atoms with Gasteiger partial charge in [0.05, 0.1) is 19.1 Å². The van der Waals surface area contributed by atoms with Gasteiger partial charge in [0.15, 0.2) is 0 Å². The largest absolute Gasteiger partial charge is 0.466 e. The third-order valence-corrected chi connectivity index (χ3v) is 8.14. The van der Waals surface area contributed by atoms with E-state index in [-0.39, 0.29) is 43.0 Å². The average molecular weight is 696 g/mol. The molecule has 2 aromatic carbocycles. The number of ether oxygens (including phenoxy) is 1. The topological polar surface area (TPSA) is 80.6 Å². The Kier molecular flexibility index (Phi) is 12.9. The molecule has 0 saturated heterocycles. The molecule has 0 bridgehead atoms. The van der Waals surface area contributed by atoms with E-state index < -0.39 is 70.7 Å². The molecule has 49 heavy (non-hydrogen) atoms. The Morgan fingerprint density at radius 1 is 0.959 bits per heavy atom. The van der Waals surface area contributed by atoms with E-state index in [2.05, 4.69) is 5.32 Å². The second-order valence-electron chi connectivity index (χ2n) is 12.9. The average Bonchev–Trinajstić information content (AvgIpc) is 2.96. The Morgan fingerprint density at radius 2 is 1.57 bits per heavy atom. The van der Waals surface area contributed by atoms with Crippen LogP contribution in [0.5, 0.6) is 0 Å². The second-order valence-corrected chi connectivity index (χ2v) is 12.9. The Hall–Kier alpha value is -4.13. The van der Waals surface area contributed by atoms with Crippen molar-refractivity contribution in [1.82, 2.24) is 14.8 Å². The van der Waals surface area contributed by atoms with Crippen LogP contribution in [0.4, 0.5) is 26.3 Å². The molecule has 0 fully saturated rings. The van der Waals surface area contributed by atoms with Crippen molar-refractivity contribution < 1.29 is 40.7 Å². The van der Waals surface area contributed by atoms with Gasteiger partial charge in [-0.05, 0) is 118 Å². The van der Waals surface area contributed by atoms with E-state index >= 15 is 8.78 Å². The Morgan fingerprint density at radius 3 is 2.10 bits per heavy atom. The molecule has 1 heterocycles. The van der Waals surface area contributed by atoms with Crippen molar-refractivity contribution in [1.29, 1.82) is 0 Å². The van der Waals surface area contributed by atoms with E-state index in [4.69, 9.17) is 4.74 Å². The highest BCUT2D eigenvalue weighted by Crippen LogP contribution is 2.36. The number of nitrogens with one attached hydrogen (secondary N) is 1. The van der Waals surface area contributed by atoms with Crippen molar-refractivity contribution in [2.75, 3.05) is 27.2 Å². The first-order valence-electron chi connectivity index (χ1n) is 15.9. The molecule has 7 nitrogen and oxygen atoms in total. The molecule has 0 aliphatic heterocycles. The van der Waals surface area contributed by atoms with Crippen molar-refractivity contribution in [3.63, 3.8) is 0 Å². The Labute approximate surface area is 282 Å². The summed E-state index contributed by atoms with van der Waals surface area (Å²) in [5, 5.41) is 2.62. The standard InChI is InChI=1S/C36H43F6N3O4/c1-9-49-29(46)17-27(26-16-24(13-22(6)32(26)38)30-20(4)14-25(37)15-21(30)5)43-34(47)28(12-19(2)3)45-18-23(10-11-44(7)8)31(36(40,41)42)33(39)35(45)48/h13-16,18-19,27-28H,9-12,17H2,1-8H3,(H,43,47)/t27-,28?/m0/s1. The van der Waals surface area contributed by atoms with E-state index in [0.29, 0.717) is 26.8 Å². The number of benzene rings is 2. The molecule has 0 aliphatic rings. The van der Waals surface area contributed by atoms with Gasteiger partial charge in [-0.1, -0.05) is 13.8 Å². The van der Waals surface area contributed by atoms with Gasteiger partial charge in [-0.3, -0.25) is 14.4 Å². The monoisotopic (exact) mass is 695 g/mol. The molecule has 1 N–H and O–H groups in total. The number of pyridine rings is 1. The first-order valence-corrected chi connectivity index (χ1v) is 15.9. The Bertz CT molecular complexity index is 1730. The van der Waals surface area contributed by atoms with E-state index in [1.165, 1.54) is 25.1 Å². The number of carbonyl (C=O) groups excluding carboxylic acids is 2. The molecular formula is C36H43F6N3O4. The smallest absolute Gasteiger partial charge is 0.419 e. The first-order chi connectivity index (χ1) is 22.8. The number of carbonyl (C=O) groups is 2. The molecule has 2 atom stereocenters. The van der Waals surface area contributed by atoms with E-state index in [9.17, 15) is 31.9 Å². The maximum absolute atomic E-state index is 15.9. The van der Waals surface area contributed by atoms with Gasteiger partial charge in [0.2, 0.25) is 11.7 Å². The van der Waals surface area contributed by atoms with Crippen LogP contribution < -0.4 is 10.9 Å². The molecule has 0 saturated carbocycles. The number of rotatable bonds is 13. The number of nitrogens with zero attached hydrogens (tertiary/aromatic N) is 2. The lowest BCUT2D eigenvalue weighted by molar-refractivity contribution is -0.144.